The molecule has 1 aliphatic rings. The fourth-order valence-corrected chi connectivity index (χ4v) is 2.22. The Hall–Kier alpha value is -0.530. The van der Waals surface area contributed by atoms with Crippen molar-refractivity contribution in [3.05, 3.63) is 0 Å². The standard InChI is InChI=1S/C11H20F3N3O.ClH/c12-11(13,14)8-16-10(18)7-17-5-1-2-9(6-17)3-4-15;/h9H,1-8,15H2,(H,16,18);1H. The van der Waals surface area contributed by atoms with Gasteiger partial charge >= 0.3 is 6.18 Å². The van der Waals surface area contributed by atoms with Crippen molar-refractivity contribution in [3.8, 4) is 0 Å². The first-order valence-corrected chi connectivity index (χ1v) is 6.16. The fraction of sp³-hybridized carbons (Fsp3) is 0.909. The summed E-state index contributed by atoms with van der Waals surface area (Å²) in [5.74, 6) is -0.111. The molecule has 1 unspecified atom stereocenters. The van der Waals surface area contributed by atoms with E-state index < -0.39 is 18.6 Å². The summed E-state index contributed by atoms with van der Waals surface area (Å²) < 4.78 is 35.7. The molecule has 1 rings (SSSR count). The Labute approximate surface area is 117 Å². The maximum atomic E-state index is 11.9. The van der Waals surface area contributed by atoms with E-state index in [1.165, 1.54) is 0 Å². The molecular formula is C11H21ClF3N3O. The Balaban J connectivity index is 0.00000324. The number of nitrogens with one attached hydrogen (secondary N) is 1. The SMILES string of the molecule is Cl.NCCC1CCCN(CC(=O)NCC(F)(F)F)C1. The van der Waals surface area contributed by atoms with Gasteiger partial charge in [0.1, 0.15) is 6.54 Å². The Morgan fingerprint density at radius 1 is 1.42 bits per heavy atom. The van der Waals surface area contributed by atoms with Crippen LogP contribution in [0.3, 0.4) is 0 Å². The zero-order valence-corrected chi connectivity index (χ0v) is 11.5. The largest absolute Gasteiger partial charge is 0.405 e. The Bertz CT molecular complexity index is 274. The Morgan fingerprint density at radius 3 is 2.68 bits per heavy atom. The summed E-state index contributed by atoms with van der Waals surface area (Å²) in [6.07, 6.45) is -1.39. The molecule has 0 saturated carbocycles. The predicted octanol–water partition coefficient (Wildman–Crippen LogP) is 1.15. The molecule has 0 aromatic heterocycles. The second-order valence-corrected chi connectivity index (χ2v) is 4.71. The molecule has 19 heavy (non-hydrogen) atoms. The molecule has 4 nitrogen and oxygen atoms in total. The number of piperidine rings is 1. The van der Waals surface area contributed by atoms with Crippen molar-refractivity contribution >= 4 is 18.3 Å². The van der Waals surface area contributed by atoms with Crippen molar-refractivity contribution < 1.29 is 18.0 Å². The van der Waals surface area contributed by atoms with Crippen LogP contribution in [0, 0.1) is 5.92 Å². The first kappa shape index (κ1) is 18.5. The molecule has 1 aliphatic heterocycles. The van der Waals surface area contributed by atoms with Crippen molar-refractivity contribution in [2.45, 2.75) is 25.4 Å². The van der Waals surface area contributed by atoms with Crippen LogP contribution in [0.25, 0.3) is 0 Å². The summed E-state index contributed by atoms with van der Waals surface area (Å²) in [4.78, 5) is 13.2. The first-order chi connectivity index (χ1) is 8.40. The van der Waals surface area contributed by atoms with Gasteiger partial charge in [0.2, 0.25) is 5.91 Å². The number of carbonyl (C=O) groups excluding carboxylic acids is 1. The highest BCUT2D eigenvalue weighted by Gasteiger charge is 2.28. The lowest BCUT2D eigenvalue weighted by Crippen LogP contribution is -2.44. The number of rotatable bonds is 5. The van der Waals surface area contributed by atoms with E-state index in [4.69, 9.17) is 5.73 Å². The maximum Gasteiger partial charge on any atom is 0.405 e. The third-order valence-electron chi connectivity index (χ3n) is 3.03. The number of halogens is 4. The second kappa shape index (κ2) is 8.60. The van der Waals surface area contributed by atoms with Crippen LogP contribution < -0.4 is 11.1 Å². The van der Waals surface area contributed by atoms with Gasteiger partial charge in [-0.3, -0.25) is 9.69 Å². The maximum absolute atomic E-state index is 11.9. The molecule has 0 radical (unpaired) electrons. The molecule has 1 amide bonds. The van der Waals surface area contributed by atoms with Gasteiger partial charge in [-0.2, -0.15) is 13.2 Å². The van der Waals surface area contributed by atoms with Gasteiger partial charge in [0.05, 0.1) is 6.54 Å². The molecule has 1 atom stereocenters. The van der Waals surface area contributed by atoms with Crippen LogP contribution in [-0.2, 0) is 4.79 Å². The molecular weight excluding hydrogens is 283 g/mol. The number of hydrogen-bond acceptors (Lipinski definition) is 3. The number of nitrogens with two attached hydrogens (primary N) is 1. The summed E-state index contributed by atoms with van der Waals surface area (Å²) in [6.45, 7) is 0.902. The van der Waals surface area contributed by atoms with E-state index in [2.05, 4.69) is 0 Å². The van der Waals surface area contributed by atoms with E-state index in [-0.39, 0.29) is 19.0 Å². The summed E-state index contributed by atoms with van der Waals surface area (Å²) in [5, 5.41) is 1.89. The average Bonchev–Trinajstić information content (AvgIpc) is 2.26. The number of likely N-dealkylation sites (tertiary alicyclic amines) is 1. The highest BCUT2D eigenvalue weighted by Crippen LogP contribution is 2.18. The van der Waals surface area contributed by atoms with Crippen molar-refractivity contribution in [1.29, 1.82) is 0 Å². The topological polar surface area (TPSA) is 58.4 Å². The highest BCUT2D eigenvalue weighted by atomic mass is 35.5. The fourth-order valence-electron chi connectivity index (χ4n) is 2.22. The molecule has 1 fully saturated rings. The number of amides is 1. The lowest BCUT2D eigenvalue weighted by molar-refractivity contribution is -0.139. The lowest BCUT2D eigenvalue weighted by Gasteiger charge is -2.32. The molecule has 0 aromatic rings. The normalized spacial score (nSPS) is 20.7. The number of carbonyl (C=O) groups is 1. The van der Waals surface area contributed by atoms with Crippen LogP contribution >= 0.6 is 12.4 Å². The summed E-state index contributed by atoms with van der Waals surface area (Å²) in [6, 6.07) is 0. The average molecular weight is 304 g/mol. The van der Waals surface area contributed by atoms with Gasteiger partial charge in [-0.15, -0.1) is 12.4 Å². The first-order valence-electron chi connectivity index (χ1n) is 6.16. The van der Waals surface area contributed by atoms with Crippen LogP contribution in [0.4, 0.5) is 13.2 Å². The van der Waals surface area contributed by atoms with Crippen LogP contribution in [0.1, 0.15) is 19.3 Å². The zero-order valence-electron chi connectivity index (χ0n) is 10.7. The quantitative estimate of drug-likeness (QED) is 0.801. The third kappa shape index (κ3) is 8.28. The molecule has 0 spiro atoms. The molecule has 114 valence electrons. The molecule has 0 bridgehead atoms. The molecule has 3 N–H and O–H groups in total. The molecule has 1 saturated heterocycles. The van der Waals surface area contributed by atoms with Crippen LogP contribution in [0.15, 0.2) is 0 Å². The van der Waals surface area contributed by atoms with Gasteiger partial charge in [-0.05, 0) is 38.3 Å². The summed E-state index contributed by atoms with van der Waals surface area (Å²) in [5.41, 5.74) is 5.48. The smallest absolute Gasteiger partial charge is 0.346 e. The van der Waals surface area contributed by atoms with Gasteiger partial charge in [-0.1, -0.05) is 0 Å². The van der Waals surface area contributed by atoms with E-state index in [0.717, 1.165) is 32.4 Å². The molecule has 0 aliphatic carbocycles. The number of nitrogens with zero attached hydrogens (tertiary/aromatic N) is 1. The summed E-state index contributed by atoms with van der Waals surface area (Å²) >= 11 is 0. The zero-order chi connectivity index (χ0) is 13.6. The second-order valence-electron chi connectivity index (χ2n) is 4.71. The van der Waals surface area contributed by atoms with Gasteiger partial charge < -0.3 is 11.1 Å². The minimum Gasteiger partial charge on any atom is -0.346 e. The van der Waals surface area contributed by atoms with Crippen LogP contribution in [0.2, 0.25) is 0 Å². The van der Waals surface area contributed by atoms with E-state index in [0.29, 0.717) is 12.5 Å². The van der Waals surface area contributed by atoms with E-state index >= 15 is 0 Å². The van der Waals surface area contributed by atoms with Crippen molar-refractivity contribution in [2.75, 3.05) is 32.7 Å². The number of hydrogen-bond donors (Lipinski definition) is 2. The van der Waals surface area contributed by atoms with Crippen molar-refractivity contribution in [2.24, 2.45) is 11.7 Å². The van der Waals surface area contributed by atoms with Gasteiger partial charge in [0.25, 0.3) is 0 Å². The molecule has 1 heterocycles. The minimum atomic E-state index is -4.35. The Morgan fingerprint density at radius 2 is 2.11 bits per heavy atom. The lowest BCUT2D eigenvalue weighted by atomic mass is 9.95. The van der Waals surface area contributed by atoms with Gasteiger partial charge in [0.15, 0.2) is 0 Å². The van der Waals surface area contributed by atoms with E-state index in [9.17, 15) is 18.0 Å². The van der Waals surface area contributed by atoms with Crippen molar-refractivity contribution in [1.82, 2.24) is 10.2 Å². The van der Waals surface area contributed by atoms with Crippen molar-refractivity contribution in [3.63, 3.8) is 0 Å². The molecule has 0 aromatic carbocycles. The minimum absolute atomic E-state index is 0. The van der Waals surface area contributed by atoms with Gasteiger partial charge in [-0.25, -0.2) is 0 Å². The summed E-state index contributed by atoms with van der Waals surface area (Å²) in [7, 11) is 0. The number of alkyl halides is 3. The van der Waals surface area contributed by atoms with Crippen LogP contribution in [-0.4, -0.2) is 49.7 Å². The van der Waals surface area contributed by atoms with E-state index in [1.807, 2.05) is 10.2 Å². The predicted molar refractivity (Wildman–Crippen MR) is 69.1 cm³/mol. The monoisotopic (exact) mass is 303 g/mol. The third-order valence-corrected chi connectivity index (χ3v) is 3.03. The molecule has 8 heteroatoms. The van der Waals surface area contributed by atoms with Crippen LogP contribution in [0.5, 0.6) is 0 Å². The Kier molecular flexibility index (Phi) is 8.36. The van der Waals surface area contributed by atoms with Gasteiger partial charge in [0, 0.05) is 6.54 Å². The highest BCUT2D eigenvalue weighted by molar-refractivity contribution is 5.85. The van der Waals surface area contributed by atoms with E-state index in [1.54, 1.807) is 0 Å².